The van der Waals surface area contributed by atoms with E-state index in [2.05, 4.69) is 10.3 Å². The number of fused-ring (bicyclic) bond motifs is 1. The second-order valence-corrected chi connectivity index (χ2v) is 7.14. The SMILES string of the molecule is CCCOc1ccc2nc(NC(=O)c3cc([N+](=O)[O-])c(C)c([N+](=O)[O-])c3)sc2c1. The minimum Gasteiger partial charge on any atom is -0.494 e. The Labute approximate surface area is 168 Å². The van der Waals surface area contributed by atoms with Crippen molar-refractivity contribution in [1.82, 2.24) is 4.98 Å². The summed E-state index contributed by atoms with van der Waals surface area (Å²) in [5.41, 5.74) is -0.649. The quantitative estimate of drug-likeness (QED) is 0.443. The molecule has 3 aromatic rings. The summed E-state index contributed by atoms with van der Waals surface area (Å²) < 4.78 is 6.36. The van der Waals surface area contributed by atoms with E-state index in [0.717, 1.165) is 23.3 Å². The lowest BCUT2D eigenvalue weighted by Gasteiger charge is -2.04. The highest BCUT2D eigenvalue weighted by molar-refractivity contribution is 7.22. The van der Waals surface area contributed by atoms with Crippen molar-refractivity contribution in [3.8, 4) is 5.75 Å². The van der Waals surface area contributed by atoms with E-state index in [0.29, 0.717) is 17.9 Å². The fourth-order valence-corrected chi connectivity index (χ4v) is 3.52. The van der Waals surface area contributed by atoms with Gasteiger partial charge >= 0.3 is 0 Å². The molecule has 1 aromatic heterocycles. The molecule has 11 heteroatoms. The molecule has 0 saturated carbocycles. The second-order valence-electron chi connectivity index (χ2n) is 6.10. The van der Waals surface area contributed by atoms with Gasteiger partial charge < -0.3 is 4.74 Å². The van der Waals surface area contributed by atoms with Crippen molar-refractivity contribution in [3.63, 3.8) is 0 Å². The Bertz CT molecular complexity index is 1090. The van der Waals surface area contributed by atoms with Gasteiger partial charge in [-0.2, -0.15) is 0 Å². The largest absolute Gasteiger partial charge is 0.494 e. The summed E-state index contributed by atoms with van der Waals surface area (Å²) in [6, 6.07) is 7.37. The number of carbonyl (C=O) groups is 1. The lowest BCUT2D eigenvalue weighted by Crippen LogP contribution is -2.13. The fourth-order valence-electron chi connectivity index (χ4n) is 2.63. The minimum absolute atomic E-state index is 0.115. The van der Waals surface area contributed by atoms with Gasteiger partial charge in [-0.05, 0) is 31.5 Å². The Hall–Kier alpha value is -3.60. The first kappa shape index (κ1) is 20.1. The monoisotopic (exact) mass is 416 g/mol. The van der Waals surface area contributed by atoms with Crippen LogP contribution in [-0.2, 0) is 0 Å². The van der Waals surface area contributed by atoms with E-state index in [4.69, 9.17) is 4.74 Å². The highest BCUT2D eigenvalue weighted by Crippen LogP contribution is 2.32. The van der Waals surface area contributed by atoms with Crippen molar-refractivity contribution < 1.29 is 19.4 Å². The summed E-state index contributed by atoms with van der Waals surface area (Å²) in [4.78, 5) is 37.7. The van der Waals surface area contributed by atoms with Crippen molar-refractivity contribution in [2.75, 3.05) is 11.9 Å². The first-order valence-corrected chi connectivity index (χ1v) is 9.40. The Morgan fingerprint density at radius 3 is 2.41 bits per heavy atom. The molecule has 2 aromatic carbocycles. The number of ether oxygens (including phenoxy) is 1. The van der Waals surface area contributed by atoms with E-state index in [1.807, 2.05) is 6.92 Å². The van der Waals surface area contributed by atoms with E-state index in [1.165, 1.54) is 18.3 Å². The van der Waals surface area contributed by atoms with Crippen LogP contribution in [0.2, 0.25) is 0 Å². The Morgan fingerprint density at radius 2 is 1.83 bits per heavy atom. The lowest BCUT2D eigenvalue weighted by molar-refractivity contribution is -0.395. The molecule has 0 fully saturated rings. The summed E-state index contributed by atoms with van der Waals surface area (Å²) in [5.74, 6) is -0.0385. The number of amides is 1. The molecule has 0 aliphatic carbocycles. The highest BCUT2D eigenvalue weighted by Gasteiger charge is 2.25. The molecule has 150 valence electrons. The van der Waals surface area contributed by atoms with Crippen LogP contribution in [0, 0.1) is 27.2 Å². The third-order valence-electron chi connectivity index (χ3n) is 4.06. The van der Waals surface area contributed by atoms with Crippen molar-refractivity contribution in [1.29, 1.82) is 0 Å². The summed E-state index contributed by atoms with van der Waals surface area (Å²) >= 11 is 1.20. The van der Waals surface area contributed by atoms with Crippen LogP contribution >= 0.6 is 11.3 Å². The molecular weight excluding hydrogens is 400 g/mol. The maximum atomic E-state index is 12.5. The number of hydrogen-bond acceptors (Lipinski definition) is 8. The lowest BCUT2D eigenvalue weighted by atomic mass is 10.1. The molecule has 1 N–H and O–H groups in total. The molecule has 0 radical (unpaired) electrons. The molecule has 0 spiro atoms. The van der Waals surface area contributed by atoms with Crippen LogP contribution in [0.25, 0.3) is 10.2 Å². The van der Waals surface area contributed by atoms with E-state index < -0.39 is 27.1 Å². The Balaban J connectivity index is 1.90. The number of hydrogen-bond donors (Lipinski definition) is 1. The van der Waals surface area contributed by atoms with Gasteiger partial charge in [-0.1, -0.05) is 18.3 Å². The maximum Gasteiger partial charge on any atom is 0.279 e. The topological polar surface area (TPSA) is 138 Å². The predicted molar refractivity (Wildman–Crippen MR) is 108 cm³/mol. The number of aromatic nitrogens is 1. The third kappa shape index (κ3) is 4.29. The summed E-state index contributed by atoms with van der Waals surface area (Å²) in [6.07, 6.45) is 0.872. The normalized spacial score (nSPS) is 10.7. The van der Waals surface area contributed by atoms with E-state index in [1.54, 1.807) is 18.2 Å². The smallest absolute Gasteiger partial charge is 0.279 e. The predicted octanol–water partition coefficient (Wildman–Crippen LogP) is 4.46. The molecule has 0 aliphatic rings. The molecular formula is C18H16N4O6S. The maximum absolute atomic E-state index is 12.5. The molecule has 29 heavy (non-hydrogen) atoms. The Kier molecular flexibility index (Phi) is 5.69. The minimum atomic E-state index is -0.755. The Morgan fingerprint density at radius 1 is 1.17 bits per heavy atom. The van der Waals surface area contributed by atoms with Crippen LogP contribution in [-0.4, -0.2) is 27.3 Å². The number of nitrogens with one attached hydrogen (secondary N) is 1. The van der Waals surface area contributed by atoms with Gasteiger partial charge in [0.2, 0.25) is 0 Å². The van der Waals surface area contributed by atoms with Gasteiger partial charge in [-0.3, -0.25) is 30.3 Å². The number of nitro benzene ring substituents is 2. The molecule has 0 unspecified atom stereocenters. The number of rotatable bonds is 7. The van der Waals surface area contributed by atoms with E-state index in [9.17, 15) is 25.0 Å². The summed E-state index contributed by atoms with van der Waals surface area (Å²) in [6.45, 7) is 3.85. The van der Waals surface area contributed by atoms with Crippen molar-refractivity contribution in [2.24, 2.45) is 0 Å². The summed E-state index contributed by atoms with van der Waals surface area (Å²) in [5, 5.41) is 25.2. The third-order valence-corrected chi connectivity index (χ3v) is 5.00. The van der Waals surface area contributed by atoms with E-state index in [-0.39, 0.29) is 16.3 Å². The number of nitro groups is 2. The van der Waals surface area contributed by atoms with Gasteiger partial charge in [-0.25, -0.2) is 4.98 Å². The molecule has 3 rings (SSSR count). The first-order valence-electron chi connectivity index (χ1n) is 8.58. The van der Waals surface area contributed by atoms with Crippen LogP contribution in [0.15, 0.2) is 30.3 Å². The van der Waals surface area contributed by atoms with Gasteiger partial charge in [0, 0.05) is 12.1 Å². The first-order chi connectivity index (χ1) is 13.8. The highest BCUT2D eigenvalue weighted by atomic mass is 32.1. The number of anilines is 1. The number of nitrogens with zero attached hydrogens (tertiary/aromatic N) is 3. The van der Waals surface area contributed by atoms with Crippen molar-refractivity contribution in [2.45, 2.75) is 20.3 Å². The van der Waals surface area contributed by atoms with Crippen LogP contribution in [0.1, 0.15) is 29.3 Å². The van der Waals surface area contributed by atoms with Gasteiger partial charge in [-0.15, -0.1) is 0 Å². The molecule has 10 nitrogen and oxygen atoms in total. The second kappa shape index (κ2) is 8.19. The van der Waals surface area contributed by atoms with Gasteiger partial charge in [0.25, 0.3) is 17.3 Å². The zero-order valence-electron chi connectivity index (χ0n) is 15.5. The van der Waals surface area contributed by atoms with Gasteiger partial charge in [0.15, 0.2) is 5.13 Å². The van der Waals surface area contributed by atoms with Crippen molar-refractivity contribution >= 4 is 44.0 Å². The summed E-state index contributed by atoms with van der Waals surface area (Å²) in [7, 11) is 0. The number of benzene rings is 2. The van der Waals surface area contributed by atoms with Gasteiger partial charge in [0.1, 0.15) is 11.3 Å². The zero-order chi connectivity index (χ0) is 21.1. The standard InChI is InChI=1S/C18H16N4O6S/c1-3-6-28-12-4-5-13-16(9-12)29-18(19-13)20-17(23)11-7-14(21(24)25)10(2)15(8-11)22(26)27/h4-5,7-9H,3,6H2,1-2H3,(H,19,20,23). The fraction of sp³-hybridized carbons (Fsp3) is 0.222. The van der Waals surface area contributed by atoms with Crippen molar-refractivity contribution in [3.05, 3.63) is 61.7 Å². The molecule has 0 saturated heterocycles. The van der Waals surface area contributed by atoms with Crippen LogP contribution in [0.4, 0.5) is 16.5 Å². The molecule has 0 atom stereocenters. The average molecular weight is 416 g/mol. The molecule has 0 aliphatic heterocycles. The van der Waals surface area contributed by atoms with Crippen LogP contribution < -0.4 is 10.1 Å². The average Bonchev–Trinajstić information content (AvgIpc) is 3.07. The molecule has 1 amide bonds. The number of thiazole rings is 1. The van der Waals surface area contributed by atoms with E-state index >= 15 is 0 Å². The van der Waals surface area contributed by atoms with Gasteiger partial charge in [0.05, 0.1) is 32.2 Å². The zero-order valence-corrected chi connectivity index (χ0v) is 16.3. The molecule has 0 bridgehead atoms. The van der Waals surface area contributed by atoms with Crippen LogP contribution in [0.3, 0.4) is 0 Å². The molecule has 1 heterocycles. The number of carbonyl (C=O) groups excluding carboxylic acids is 1. The van der Waals surface area contributed by atoms with Crippen LogP contribution in [0.5, 0.6) is 5.75 Å².